The lowest BCUT2D eigenvalue weighted by atomic mass is 9.94. The van der Waals surface area contributed by atoms with Gasteiger partial charge < -0.3 is 15.4 Å². The molecule has 0 aromatic heterocycles. The first-order valence-electron chi connectivity index (χ1n) is 6.33. The van der Waals surface area contributed by atoms with Gasteiger partial charge >= 0.3 is 0 Å². The number of hydrogen-bond donors (Lipinski definition) is 1. The Hall–Kier alpha value is -0.610. The molecule has 0 spiro atoms. The van der Waals surface area contributed by atoms with Gasteiger partial charge in [0.1, 0.15) is 6.61 Å². The van der Waals surface area contributed by atoms with Crippen molar-refractivity contribution in [3.05, 3.63) is 0 Å². The Labute approximate surface area is 98.1 Å². The van der Waals surface area contributed by atoms with Crippen molar-refractivity contribution in [2.45, 2.75) is 32.6 Å². The average molecular weight is 228 g/mol. The van der Waals surface area contributed by atoms with Crippen molar-refractivity contribution < 1.29 is 9.53 Å². The highest BCUT2D eigenvalue weighted by molar-refractivity contribution is 5.77. The van der Waals surface area contributed by atoms with E-state index in [1.54, 1.807) is 0 Å². The Morgan fingerprint density at radius 1 is 1.44 bits per heavy atom. The van der Waals surface area contributed by atoms with Crippen LogP contribution in [0, 0.1) is 5.92 Å². The van der Waals surface area contributed by atoms with Crippen LogP contribution in [0.25, 0.3) is 0 Å². The van der Waals surface area contributed by atoms with E-state index in [2.05, 4.69) is 0 Å². The predicted molar refractivity (Wildman–Crippen MR) is 64.1 cm³/mol. The molecule has 0 unspecified atom stereocenters. The highest BCUT2D eigenvalue weighted by Crippen LogP contribution is 2.19. The number of rotatable bonds is 6. The molecule has 1 aliphatic heterocycles. The van der Waals surface area contributed by atoms with Crippen molar-refractivity contribution in [2.75, 3.05) is 32.8 Å². The lowest BCUT2D eigenvalue weighted by Gasteiger charge is -2.31. The molecule has 4 nitrogen and oxygen atoms in total. The zero-order chi connectivity index (χ0) is 11.8. The lowest BCUT2D eigenvalue weighted by molar-refractivity contribution is -0.137. The van der Waals surface area contributed by atoms with Crippen LogP contribution in [-0.2, 0) is 9.53 Å². The van der Waals surface area contributed by atoms with E-state index in [4.69, 9.17) is 10.5 Å². The zero-order valence-corrected chi connectivity index (χ0v) is 10.3. The molecule has 4 heteroatoms. The van der Waals surface area contributed by atoms with Crippen LogP contribution < -0.4 is 5.73 Å². The SMILES string of the molecule is CCCOCC(=O)N1CCC(CCN)CC1. The fraction of sp³-hybridized carbons (Fsp3) is 0.917. The third kappa shape index (κ3) is 4.49. The van der Waals surface area contributed by atoms with Crippen LogP contribution >= 0.6 is 0 Å². The Morgan fingerprint density at radius 2 is 2.12 bits per heavy atom. The van der Waals surface area contributed by atoms with Crippen LogP contribution in [-0.4, -0.2) is 43.7 Å². The Bertz CT molecular complexity index is 201. The number of piperidine rings is 1. The molecular weight excluding hydrogens is 204 g/mol. The fourth-order valence-electron chi connectivity index (χ4n) is 2.10. The maximum atomic E-state index is 11.7. The van der Waals surface area contributed by atoms with Gasteiger partial charge in [0.05, 0.1) is 0 Å². The van der Waals surface area contributed by atoms with Gasteiger partial charge in [-0.25, -0.2) is 0 Å². The number of carbonyl (C=O) groups excluding carboxylic acids is 1. The van der Waals surface area contributed by atoms with E-state index in [0.29, 0.717) is 12.5 Å². The summed E-state index contributed by atoms with van der Waals surface area (Å²) in [6.07, 6.45) is 4.24. The second kappa shape index (κ2) is 7.63. The normalized spacial score (nSPS) is 17.8. The summed E-state index contributed by atoms with van der Waals surface area (Å²) in [5, 5.41) is 0. The van der Waals surface area contributed by atoms with Crippen LogP contribution in [0.4, 0.5) is 0 Å². The molecule has 0 radical (unpaired) electrons. The molecule has 0 bridgehead atoms. The Morgan fingerprint density at radius 3 is 2.69 bits per heavy atom. The second-order valence-electron chi connectivity index (χ2n) is 4.45. The zero-order valence-electron chi connectivity index (χ0n) is 10.3. The number of ether oxygens (including phenoxy) is 1. The van der Waals surface area contributed by atoms with Gasteiger partial charge in [0.2, 0.25) is 5.91 Å². The van der Waals surface area contributed by atoms with E-state index in [0.717, 1.165) is 45.3 Å². The van der Waals surface area contributed by atoms with E-state index >= 15 is 0 Å². The number of nitrogens with two attached hydrogens (primary N) is 1. The minimum atomic E-state index is 0.139. The summed E-state index contributed by atoms with van der Waals surface area (Å²) >= 11 is 0. The van der Waals surface area contributed by atoms with Crippen LogP contribution in [0.1, 0.15) is 32.6 Å². The highest BCUT2D eigenvalue weighted by Gasteiger charge is 2.21. The van der Waals surface area contributed by atoms with E-state index < -0.39 is 0 Å². The molecule has 0 saturated carbocycles. The topological polar surface area (TPSA) is 55.6 Å². The van der Waals surface area contributed by atoms with Crippen LogP contribution in [0.2, 0.25) is 0 Å². The van der Waals surface area contributed by atoms with Gasteiger partial charge in [-0.2, -0.15) is 0 Å². The van der Waals surface area contributed by atoms with E-state index in [-0.39, 0.29) is 12.5 Å². The summed E-state index contributed by atoms with van der Waals surface area (Å²) in [6.45, 7) is 5.48. The van der Waals surface area contributed by atoms with Crippen molar-refractivity contribution in [3.8, 4) is 0 Å². The van der Waals surface area contributed by atoms with Gasteiger partial charge in [0.15, 0.2) is 0 Å². The summed E-state index contributed by atoms with van der Waals surface area (Å²) in [7, 11) is 0. The molecule has 1 heterocycles. The molecule has 2 N–H and O–H groups in total. The number of nitrogens with zero attached hydrogens (tertiary/aromatic N) is 1. The molecular formula is C12H24N2O2. The van der Waals surface area contributed by atoms with Gasteiger partial charge in [0, 0.05) is 19.7 Å². The van der Waals surface area contributed by atoms with Gasteiger partial charge in [-0.3, -0.25) is 4.79 Å². The Balaban J connectivity index is 2.17. The molecule has 0 aromatic rings. The molecule has 1 saturated heterocycles. The van der Waals surface area contributed by atoms with E-state index in [9.17, 15) is 4.79 Å². The number of carbonyl (C=O) groups is 1. The molecule has 1 amide bonds. The quantitative estimate of drug-likeness (QED) is 0.690. The standard InChI is InChI=1S/C12H24N2O2/c1-2-9-16-10-12(15)14-7-4-11(3-6-13)5-8-14/h11H,2-10,13H2,1H3. The van der Waals surface area contributed by atoms with E-state index in [1.165, 1.54) is 0 Å². The third-order valence-corrected chi connectivity index (χ3v) is 3.12. The van der Waals surface area contributed by atoms with Crippen LogP contribution in [0.5, 0.6) is 0 Å². The van der Waals surface area contributed by atoms with Crippen molar-refractivity contribution in [1.29, 1.82) is 0 Å². The average Bonchev–Trinajstić information content (AvgIpc) is 2.30. The molecule has 1 aliphatic rings. The summed E-state index contributed by atoms with van der Waals surface area (Å²) in [6, 6.07) is 0. The molecule has 1 rings (SSSR count). The first kappa shape index (κ1) is 13.5. The van der Waals surface area contributed by atoms with Crippen molar-refractivity contribution in [2.24, 2.45) is 11.7 Å². The first-order valence-corrected chi connectivity index (χ1v) is 6.33. The summed E-state index contributed by atoms with van der Waals surface area (Å²) < 4.78 is 5.26. The predicted octanol–water partition coefficient (Wildman–Crippen LogP) is 1.00. The lowest BCUT2D eigenvalue weighted by Crippen LogP contribution is -2.40. The number of amides is 1. The second-order valence-corrected chi connectivity index (χ2v) is 4.45. The van der Waals surface area contributed by atoms with Gasteiger partial charge in [-0.15, -0.1) is 0 Å². The van der Waals surface area contributed by atoms with Crippen molar-refractivity contribution in [1.82, 2.24) is 4.90 Å². The fourth-order valence-corrected chi connectivity index (χ4v) is 2.10. The van der Waals surface area contributed by atoms with Gasteiger partial charge in [0.25, 0.3) is 0 Å². The molecule has 16 heavy (non-hydrogen) atoms. The largest absolute Gasteiger partial charge is 0.372 e. The monoisotopic (exact) mass is 228 g/mol. The van der Waals surface area contributed by atoms with Crippen LogP contribution in [0.3, 0.4) is 0 Å². The number of hydrogen-bond acceptors (Lipinski definition) is 3. The minimum Gasteiger partial charge on any atom is -0.372 e. The summed E-state index contributed by atoms with van der Waals surface area (Å²) in [5.41, 5.74) is 5.53. The molecule has 0 aliphatic carbocycles. The maximum absolute atomic E-state index is 11.7. The Kier molecular flexibility index (Phi) is 6.42. The third-order valence-electron chi connectivity index (χ3n) is 3.12. The molecule has 0 atom stereocenters. The van der Waals surface area contributed by atoms with Crippen LogP contribution in [0.15, 0.2) is 0 Å². The minimum absolute atomic E-state index is 0.139. The summed E-state index contributed by atoms with van der Waals surface area (Å²) in [4.78, 5) is 13.6. The van der Waals surface area contributed by atoms with Crippen molar-refractivity contribution in [3.63, 3.8) is 0 Å². The smallest absolute Gasteiger partial charge is 0.248 e. The maximum Gasteiger partial charge on any atom is 0.248 e. The van der Waals surface area contributed by atoms with Crippen molar-refractivity contribution >= 4 is 5.91 Å². The molecule has 1 fully saturated rings. The van der Waals surface area contributed by atoms with Gasteiger partial charge in [-0.05, 0) is 38.1 Å². The first-order chi connectivity index (χ1) is 7.77. The highest BCUT2D eigenvalue weighted by atomic mass is 16.5. The number of likely N-dealkylation sites (tertiary alicyclic amines) is 1. The molecule has 94 valence electrons. The van der Waals surface area contributed by atoms with E-state index in [1.807, 2.05) is 11.8 Å². The van der Waals surface area contributed by atoms with Gasteiger partial charge in [-0.1, -0.05) is 6.92 Å². The summed E-state index contributed by atoms with van der Waals surface area (Å²) in [5.74, 6) is 0.852. The molecule has 0 aromatic carbocycles.